The molecule has 0 aliphatic carbocycles. The maximum Gasteiger partial charge on any atom is 0.118 e. The van der Waals surface area contributed by atoms with Crippen molar-refractivity contribution in [2.45, 2.75) is 24.8 Å². The summed E-state index contributed by atoms with van der Waals surface area (Å²) in [7, 11) is 3.72. The van der Waals surface area contributed by atoms with Crippen LogP contribution in [0.5, 0.6) is 5.75 Å². The van der Waals surface area contributed by atoms with Crippen LogP contribution in [0.3, 0.4) is 0 Å². The molecule has 1 aromatic carbocycles. The van der Waals surface area contributed by atoms with Gasteiger partial charge in [-0.15, -0.1) is 11.8 Å². The first-order valence-corrected chi connectivity index (χ1v) is 6.60. The van der Waals surface area contributed by atoms with E-state index < -0.39 is 0 Å². The van der Waals surface area contributed by atoms with Gasteiger partial charge in [-0.1, -0.05) is 13.8 Å². The van der Waals surface area contributed by atoms with Crippen LogP contribution in [0, 0.1) is 5.92 Å². The fraction of sp³-hybridized carbons (Fsp3) is 0.538. The van der Waals surface area contributed by atoms with Gasteiger partial charge in [-0.3, -0.25) is 0 Å². The highest BCUT2D eigenvalue weighted by Gasteiger charge is 2.10. The van der Waals surface area contributed by atoms with Crippen molar-refractivity contribution in [3.8, 4) is 5.75 Å². The zero-order valence-electron chi connectivity index (χ0n) is 10.5. The molecule has 3 heteroatoms. The first kappa shape index (κ1) is 13.4. The highest BCUT2D eigenvalue weighted by atomic mass is 32.2. The standard InChI is InChI=1S/C13H21NOS/c1-10(2)13(14-3)9-16-12-7-5-11(15-4)6-8-12/h5-8,10,13-14H,9H2,1-4H3. The number of benzene rings is 1. The van der Waals surface area contributed by atoms with Crippen molar-refractivity contribution < 1.29 is 4.74 Å². The molecule has 0 heterocycles. The van der Waals surface area contributed by atoms with Crippen LogP contribution in [0.25, 0.3) is 0 Å². The lowest BCUT2D eigenvalue weighted by molar-refractivity contribution is 0.414. The van der Waals surface area contributed by atoms with E-state index in [9.17, 15) is 0 Å². The first-order valence-electron chi connectivity index (χ1n) is 5.61. The summed E-state index contributed by atoms with van der Waals surface area (Å²) >= 11 is 1.88. The predicted molar refractivity (Wildman–Crippen MR) is 71.4 cm³/mol. The van der Waals surface area contributed by atoms with E-state index in [0.29, 0.717) is 12.0 Å². The maximum atomic E-state index is 5.13. The zero-order chi connectivity index (χ0) is 12.0. The van der Waals surface area contributed by atoms with E-state index in [1.54, 1.807) is 7.11 Å². The molecular formula is C13H21NOS. The normalized spacial score (nSPS) is 12.8. The molecule has 0 amide bonds. The molecule has 1 unspecified atom stereocenters. The van der Waals surface area contributed by atoms with Crippen molar-refractivity contribution in [1.29, 1.82) is 0 Å². The molecule has 1 N–H and O–H groups in total. The summed E-state index contributed by atoms with van der Waals surface area (Å²) in [5, 5.41) is 3.35. The van der Waals surface area contributed by atoms with Crippen molar-refractivity contribution in [3.05, 3.63) is 24.3 Å². The topological polar surface area (TPSA) is 21.3 Å². The summed E-state index contributed by atoms with van der Waals surface area (Å²) < 4.78 is 5.13. The Morgan fingerprint density at radius 1 is 1.25 bits per heavy atom. The van der Waals surface area contributed by atoms with Gasteiger partial charge >= 0.3 is 0 Å². The Hall–Kier alpha value is -0.670. The Bertz CT molecular complexity index is 297. The second kappa shape index (κ2) is 6.81. The molecule has 0 aliphatic heterocycles. The monoisotopic (exact) mass is 239 g/mol. The summed E-state index contributed by atoms with van der Waals surface area (Å²) in [4.78, 5) is 1.29. The van der Waals surface area contributed by atoms with Crippen molar-refractivity contribution in [3.63, 3.8) is 0 Å². The molecule has 1 atom stereocenters. The summed E-state index contributed by atoms with van der Waals surface area (Å²) in [6, 6.07) is 8.79. The van der Waals surface area contributed by atoms with Crippen LogP contribution >= 0.6 is 11.8 Å². The summed E-state index contributed by atoms with van der Waals surface area (Å²) in [5.74, 6) is 2.68. The lowest BCUT2D eigenvalue weighted by Gasteiger charge is -2.19. The molecule has 0 radical (unpaired) electrons. The molecule has 0 bridgehead atoms. The Labute approximate surface area is 103 Å². The minimum atomic E-state index is 0.562. The number of hydrogen-bond acceptors (Lipinski definition) is 3. The lowest BCUT2D eigenvalue weighted by Crippen LogP contribution is -2.32. The van der Waals surface area contributed by atoms with E-state index in [2.05, 4.69) is 31.3 Å². The van der Waals surface area contributed by atoms with Gasteiger partial charge in [0.2, 0.25) is 0 Å². The number of nitrogens with one attached hydrogen (secondary N) is 1. The molecule has 0 spiro atoms. The average Bonchev–Trinajstić information content (AvgIpc) is 2.30. The fourth-order valence-electron chi connectivity index (χ4n) is 1.47. The highest BCUT2D eigenvalue weighted by molar-refractivity contribution is 7.99. The molecule has 0 saturated heterocycles. The van der Waals surface area contributed by atoms with Crippen LogP contribution in [-0.2, 0) is 0 Å². The van der Waals surface area contributed by atoms with Crippen LogP contribution in [0.4, 0.5) is 0 Å². The van der Waals surface area contributed by atoms with Crippen LogP contribution in [0.1, 0.15) is 13.8 Å². The molecule has 0 aromatic heterocycles. The number of hydrogen-bond donors (Lipinski definition) is 1. The van der Waals surface area contributed by atoms with Gasteiger partial charge in [0.1, 0.15) is 5.75 Å². The van der Waals surface area contributed by atoms with Gasteiger partial charge in [0, 0.05) is 16.7 Å². The van der Waals surface area contributed by atoms with Gasteiger partial charge in [-0.2, -0.15) is 0 Å². The van der Waals surface area contributed by atoms with E-state index in [1.807, 2.05) is 30.9 Å². The summed E-state index contributed by atoms with van der Waals surface area (Å²) in [6.07, 6.45) is 0. The van der Waals surface area contributed by atoms with Crippen molar-refractivity contribution in [2.75, 3.05) is 19.9 Å². The van der Waals surface area contributed by atoms with Crippen molar-refractivity contribution in [2.24, 2.45) is 5.92 Å². The van der Waals surface area contributed by atoms with Gasteiger partial charge in [0.15, 0.2) is 0 Å². The van der Waals surface area contributed by atoms with Gasteiger partial charge in [0.25, 0.3) is 0 Å². The van der Waals surface area contributed by atoms with E-state index in [0.717, 1.165) is 11.5 Å². The summed E-state index contributed by atoms with van der Waals surface area (Å²) in [5.41, 5.74) is 0. The Kier molecular flexibility index (Phi) is 5.71. The van der Waals surface area contributed by atoms with E-state index in [1.165, 1.54) is 4.90 Å². The quantitative estimate of drug-likeness (QED) is 0.771. The molecule has 0 saturated carbocycles. The van der Waals surface area contributed by atoms with Crippen molar-refractivity contribution >= 4 is 11.8 Å². The number of thioether (sulfide) groups is 1. The SMILES string of the molecule is CNC(CSc1ccc(OC)cc1)C(C)C. The number of rotatable bonds is 6. The molecule has 1 aromatic rings. The lowest BCUT2D eigenvalue weighted by atomic mass is 10.1. The van der Waals surface area contributed by atoms with Crippen molar-refractivity contribution in [1.82, 2.24) is 5.32 Å². The maximum absolute atomic E-state index is 5.13. The predicted octanol–water partition coefficient (Wildman–Crippen LogP) is 3.03. The molecule has 1 rings (SSSR count). The van der Waals surface area contributed by atoms with Crippen LogP contribution in [0.15, 0.2) is 29.2 Å². The molecule has 16 heavy (non-hydrogen) atoms. The molecule has 0 aliphatic rings. The highest BCUT2D eigenvalue weighted by Crippen LogP contribution is 2.23. The average molecular weight is 239 g/mol. The van der Waals surface area contributed by atoms with E-state index in [-0.39, 0.29) is 0 Å². The zero-order valence-corrected chi connectivity index (χ0v) is 11.3. The van der Waals surface area contributed by atoms with Gasteiger partial charge < -0.3 is 10.1 Å². The second-order valence-electron chi connectivity index (χ2n) is 4.13. The van der Waals surface area contributed by atoms with Gasteiger partial charge in [0.05, 0.1) is 7.11 Å². The van der Waals surface area contributed by atoms with Crippen LogP contribution in [0.2, 0.25) is 0 Å². The minimum Gasteiger partial charge on any atom is -0.497 e. The molecule has 2 nitrogen and oxygen atoms in total. The Morgan fingerprint density at radius 3 is 2.31 bits per heavy atom. The van der Waals surface area contributed by atoms with Crippen LogP contribution < -0.4 is 10.1 Å². The summed E-state index contributed by atoms with van der Waals surface area (Å²) in [6.45, 7) is 4.49. The fourth-order valence-corrected chi connectivity index (χ4v) is 2.72. The molecule has 0 fully saturated rings. The largest absolute Gasteiger partial charge is 0.497 e. The van der Waals surface area contributed by atoms with Gasteiger partial charge in [-0.05, 0) is 37.2 Å². The minimum absolute atomic E-state index is 0.562. The van der Waals surface area contributed by atoms with Gasteiger partial charge in [-0.25, -0.2) is 0 Å². The molecular weight excluding hydrogens is 218 g/mol. The third kappa shape index (κ3) is 4.06. The smallest absolute Gasteiger partial charge is 0.118 e. The third-order valence-electron chi connectivity index (χ3n) is 2.66. The first-order chi connectivity index (χ1) is 7.67. The van der Waals surface area contributed by atoms with E-state index in [4.69, 9.17) is 4.74 Å². The Morgan fingerprint density at radius 2 is 1.88 bits per heavy atom. The van der Waals surface area contributed by atoms with E-state index >= 15 is 0 Å². The molecule has 90 valence electrons. The Balaban J connectivity index is 2.47. The number of methoxy groups -OCH3 is 1. The number of ether oxygens (including phenoxy) is 1. The third-order valence-corrected chi connectivity index (χ3v) is 3.80. The second-order valence-corrected chi connectivity index (χ2v) is 5.22. The van der Waals surface area contributed by atoms with Crippen LogP contribution in [-0.4, -0.2) is 26.0 Å².